The number of rotatable bonds is 4. The molecule has 1 rings (SSSR count). The number of hydrogen-bond donors (Lipinski definition) is 0. The van der Waals surface area contributed by atoms with Gasteiger partial charge in [0.05, 0.1) is 12.9 Å². The number of benzene rings is 1. The first kappa shape index (κ1) is 12.1. The van der Waals surface area contributed by atoms with Gasteiger partial charge in [0, 0.05) is 5.92 Å². The molecular formula is C10H13FO3S. The van der Waals surface area contributed by atoms with Crippen LogP contribution < -0.4 is 0 Å². The van der Waals surface area contributed by atoms with Gasteiger partial charge in [-0.3, -0.25) is 4.18 Å². The van der Waals surface area contributed by atoms with Crippen molar-refractivity contribution in [3.63, 3.8) is 0 Å². The Morgan fingerprint density at radius 1 is 1.47 bits per heavy atom. The zero-order valence-corrected chi connectivity index (χ0v) is 9.42. The lowest BCUT2D eigenvalue weighted by Gasteiger charge is -2.10. The summed E-state index contributed by atoms with van der Waals surface area (Å²) in [5.74, 6) is -0.492. The molecular weight excluding hydrogens is 219 g/mol. The summed E-state index contributed by atoms with van der Waals surface area (Å²) >= 11 is 0. The molecule has 0 heterocycles. The Morgan fingerprint density at radius 3 is 2.67 bits per heavy atom. The second-order valence-corrected chi connectivity index (χ2v) is 5.09. The van der Waals surface area contributed by atoms with Gasteiger partial charge in [-0.05, 0) is 17.7 Å². The highest BCUT2D eigenvalue weighted by Gasteiger charge is 2.10. The first-order chi connectivity index (χ1) is 6.88. The Balaban J connectivity index is 2.65. The Morgan fingerprint density at radius 2 is 2.13 bits per heavy atom. The van der Waals surface area contributed by atoms with Crippen LogP contribution >= 0.6 is 0 Å². The molecule has 0 amide bonds. The summed E-state index contributed by atoms with van der Waals surface area (Å²) in [6, 6.07) is 6.03. The topological polar surface area (TPSA) is 43.4 Å². The molecule has 15 heavy (non-hydrogen) atoms. The van der Waals surface area contributed by atoms with Gasteiger partial charge in [0.1, 0.15) is 5.82 Å². The van der Waals surface area contributed by atoms with Crippen LogP contribution in [-0.2, 0) is 14.3 Å². The molecule has 1 unspecified atom stereocenters. The van der Waals surface area contributed by atoms with Crippen molar-refractivity contribution in [3.05, 3.63) is 35.6 Å². The molecule has 0 aliphatic carbocycles. The van der Waals surface area contributed by atoms with E-state index in [9.17, 15) is 12.8 Å². The molecule has 0 aliphatic heterocycles. The molecule has 5 heteroatoms. The molecule has 1 aromatic rings. The standard InChI is InChI=1S/C10H13FO3S/c1-8(7-14-15(2,12)13)9-4-3-5-10(11)6-9/h3-6,8H,7H2,1-2H3. The second-order valence-electron chi connectivity index (χ2n) is 3.44. The molecule has 0 saturated heterocycles. The van der Waals surface area contributed by atoms with Gasteiger partial charge in [0.25, 0.3) is 10.1 Å². The summed E-state index contributed by atoms with van der Waals surface area (Å²) in [7, 11) is -3.43. The normalized spacial score (nSPS) is 13.8. The predicted molar refractivity (Wildman–Crippen MR) is 55.6 cm³/mol. The minimum absolute atomic E-state index is 0.0300. The van der Waals surface area contributed by atoms with E-state index < -0.39 is 10.1 Å². The van der Waals surface area contributed by atoms with Crippen molar-refractivity contribution >= 4 is 10.1 Å². The van der Waals surface area contributed by atoms with E-state index in [4.69, 9.17) is 0 Å². The van der Waals surface area contributed by atoms with Gasteiger partial charge in [-0.25, -0.2) is 4.39 Å². The zero-order chi connectivity index (χ0) is 11.5. The largest absolute Gasteiger partial charge is 0.270 e. The zero-order valence-electron chi connectivity index (χ0n) is 8.60. The van der Waals surface area contributed by atoms with Crippen LogP contribution in [0.15, 0.2) is 24.3 Å². The second kappa shape index (κ2) is 4.72. The van der Waals surface area contributed by atoms with Crippen LogP contribution in [0.2, 0.25) is 0 Å². The average molecular weight is 232 g/mol. The fourth-order valence-corrected chi connectivity index (χ4v) is 1.59. The van der Waals surface area contributed by atoms with Gasteiger partial charge in [0.2, 0.25) is 0 Å². The molecule has 0 aliphatic rings. The van der Waals surface area contributed by atoms with E-state index >= 15 is 0 Å². The third kappa shape index (κ3) is 4.40. The van der Waals surface area contributed by atoms with E-state index in [1.54, 1.807) is 19.1 Å². The smallest absolute Gasteiger partial charge is 0.264 e. The molecule has 0 spiro atoms. The number of halogens is 1. The Bertz CT molecular complexity index is 428. The van der Waals surface area contributed by atoms with Crippen molar-refractivity contribution in [3.8, 4) is 0 Å². The van der Waals surface area contributed by atoms with Crippen LogP contribution in [0.25, 0.3) is 0 Å². The van der Waals surface area contributed by atoms with Crippen LogP contribution in [-0.4, -0.2) is 21.3 Å². The van der Waals surface area contributed by atoms with Crippen molar-refractivity contribution in [1.82, 2.24) is 0 Å². The van der Waals surface area contributed by atoms with Crippen LogP contribution in [0.3, 0.4) is 0 Å². The van der Waals surface area contributed by atoms with Crippen LogP contribution in [0.5, 0.6) is 0 Å². The minimum atomic E-state index is -3.43. The summed E-state index contributed by atoms with van der Waals surface area (Å²) in [6.45, 7) is 1.81. The van der Waals surface area contributed by atoms with E-state index in [0.29, 0.717) is 0 Å². The van der Waals surface area contributed by atoms with Gasteiger partial charge in [-0.15, -0.1) is 0 Å². The van der Waals surface area contributed by atoms with Gasteiger partial charge in [-0.1, -0.05) is 19.1 Å². The van der Waals surface area contributed by atoms with Crippen molar-refractivity contribution in [2.24, 2.45) is 0 Å². The van der Waals surface area contributed by atoms with E-state index in [0.717, 1.165) is 11.8 Å². The first-order valence-corrected chi connectivity index (χ1v) is 6.30. The predicted octanol–water partition coefficient (Wildman–Crippen LogP) is 1.91. The molecule has 0 aromatic heterocycles. The van der Waals surface area contributed by atoms with Gasteiger partial charge >= 0.3 is 0 Å². The monoisotopic (exact) mass is 232 g/mol. The lowest BCUT2D eigenvalue weighted by atomic mass is 10.0. The highest BCUT2D eigenvalue weighted by molar-refractivity contribution is 7.85. The maximum Gasteiger partial charge on any atom is 0.264 e. The molecule has 0 N–H and O–H groups in total. The first-order valence-electron chi connectivity index (χ1n) is 4.48. The van der Waals surface area contributed by atoms with E-state index in [-0.39, 0.29) is 18.3 Å². The van der Waals surface area contributed by atoms with Gasteiger partial charge < -0.3 is 0 Å². The summed E-state index contributed by atoms with van der Waals surface area (Å²) < 4.78 is 39.0. The van der Waals surface area contributed by atoms with Crippen molar-refractivity contribution in [1.29, 1.82) is 0 Å². The molecule has 1 aromatic carbocycles. The fourth-order valence-electron chi connectivity index (χ4n) is 1.14. The molecule has 0 fully saturated rings. The Labute approximate surface area is 89.0 Å². The van der Waals surface area contributed by atoms with Crippen molar-refractivity contribution in [2.45, 2.75) is 12.8 Å². The van der Waals surface area contributed by atoms with E-state index in [2.05, 4.69) is 4.18 Å². The summed E-state index contributed by atoms with van der Waals surface area (Å²) in [6.07, 6.45) is 0.991. The quantitative estimate of drug-likeness (QED) is 0.745. The maximum absolute atomic E-state index is 12.8. The fraction of sp³-hybridized carbons (Fsp3) is 0.400. The van der Waals surface area contributed by atoms with Gasteiger partial charge in [0.15, 0.2) is 0 Å². The van der Waals surface area contributed by atoms with Crippen LogP contribution in [0.4, 0.5) is 4.39 Å². The summed E-state index contributed by atoms with van der Waals surface area (Å²) in [4.78, 5) is 0. The molecule has 84 valence electrons. The third-order valence-corrected chi connectivity index (χ3v) is 2.51. The van der Waals surface area contributed by atoms with Gasteiger partial charge in [-0.2, -0.15) is 8.42 Å². The van der Waals surface area contributed by atoms with Crippen LogP contribution in [0.1, 0.15) is 18.4 Å². The van der Waals surface area contributed by atoms with Crippen LogP contribution in [0, 0.1) is 5.82 Å². The average Bonchev–Trinajstić information content (AvgIpc) is 2.13. The Kier molecular flexibility index (Phi) is 3.82. The lowest BCUT2D eigenvalue weighted by Crippen LogP contribution is -2.09. The minimum Gasteiger partial charge on any atom is -0.270 e. The maximum atomic E-state index is 12.8. The van der Waals surface area contributed by atoms with Crippen molar-refractivity contribution in [2.75, 3.05) is 12.9 Å². The van der Waals surface area contributed by atoms with E-state index in [1.807, 2.05) is 0 Å². The lowest BCUT2D eigenvalue weighted by molar-refractivity contribution is 0.301. The van der Waals surface area contributed by atoms with E-state index in [1.165, 1.54) is 12.1 Å². The number of hydrogen-bond acceptors (Lipinski definition) is 3. The molecule has 0 saturated carbocycles. The molecule has 3 nitrogen and oxygen atoms in total. The highest BCUT2D eigenvalue weighted by atomic mass is 32.2. The summed E-state index contributed by atoms with van der Waals surface area (Å²) in [5.41, 5.74) is 0.721. The summed E-state index contributed by atoms with van der Waals surface area (Å²) in [5, 5.41) is 0. The SMILES string of the molecule is CC(COS(C)(=O)=O)c1cccc(F)c1. The molecule has 0 radical (unpaired) electrons. The third-order valence-electron chi connectivity index (χ3n) is 1.95. The van der Waals surface area contributed by atoms with Crippen molar-refractivity contribution < 1.29 is 17.0 Å². The Hall–Kier alpha value is -0.940. The molecule has 1 atom stereocenters. The molecule has 0 bridgehead atoms. The highest BCUT2D eigenvalue weighted by Crippen LogP contribution is 2.16.